The second kappa shape index (κ2) is 2.62. The summed E-state index contributed by atoms with van der Waals surface area (Å²) in [5, 5.41) is 0. The Hall–Kier alpha value is -0.630. The Balaban J connectivity index is 2.51. The predicted octanol–water partition coefficient (Wildman–Crippen LogP) is 0.346. The summed E-state index contributed by atoms with van der Waals surface area (Å²) in [6, 6.07) is 0. The molecule has 2 N–H and O–H groups in total. The van der Waals surface area contributed by atoms with Gasteiger partial charge in [0.1, 0.15) is 0 Å². The van der Waals surface area contributed by atoms with E-state index in [4.69, 9.17) is 5.73 Å². The Bertz CT molecular complexity index is 124. The molecule has 8 heavy (non-hydrogen) atoms. The standard InChI is InChI=1S/C6H10N2/c7-4-6-2-1-3-8-5-6/h2,5H,1,3-4,7H2. The maximum absolute atomic E-state index is 5.34. The molecule has 2 heteroatoms. The van der Waals surface area contributed by atoms with Gasteiger partial charge in [0.15, 0.2) is 0 Å². The highest BCUT2D eigenvalue weighted by Crippen LogP contribution is 1.97. The van der Waals surface area contributed by atoms with Crippen LogP contribution in [0, 0.1) is 0 Å². The van der Waals surface area contributed by atoms with E-state index < -0.39 is 0 Å². The highest BCUT2D eigenvalue weighted by molar-refractivity contribution is 5.79. The van der Waals surface area contributed by atoms with Crippen LogP contribution in [-0.4, -0.2) is 19.3 Å². The molecular formula is C6H10N2. The summed E-state index contributed by atoms with van der Waals surface area (Å²) in [7, 11) is 0. The van der Waals surface area contributed by atoms with Crippen molar-refractivity contribution in [2.45, 2.75) is 6.42 Å². The molecule has 0 spiro atoms. The summed E-state index contributed by atoms with van der Waals surface area (Å²) < 4.78 is 0. The molecule has 0 radical (unpaired) electrons. The van der Waals surface area contributed by atoms with Crippen molar-refractivity contribution in [2.75, 3.05) is 13.1 Å². The molecule has 1 aliphatic heterocycles. The predicted molar refractivity (Wildman–Crippen MR) is 35.1 cm³/mol. The minimum absolute atomic E-state index is 0.628. The molecule has 0 aromatic heterocycles. The number of hydrogen-bond donors (Lipinski definition) is 1. The van der Waals surface area contributed by atoms with Gasteiger partial charge in [0.2, 0.25) is 0 Å². The maximum atomic E-state index is 5.34. The van der Waals surface area contributed by atoms with Gasteiger partial charge in [-0.15, -0.1) is 0 Å². The topological polar surface area (TPSA) is 38.4 Å². The van der Waals surface area contributed by atoms with E-state index >= 15 is 0 Å². The number of dihydropyridines is 1. The summed E-state index contributed by atoms with van der Waals surface area (Å²) in [6.45, 7) is 1.56. The van der Waals surface area contributed by atoms with Crippen LogP contribution in [0.1, 0.15) is 6.42 Å². The van der Waals surface area contributed by atoms with Crippen LogP contribution < -0.4 is 5.73 Å². The van der Waals surface area contributed by atoms with Crippen molar-refractivity contribution >= 4 is 6.21 Å². The Morgan fingerprint density at radius 3 is 3.00 bits per heavy atom. The van der Waals surface area contributed by atoms with E-state index in [1.165, 1.54) is 0 Å². The third kappa shape index (κ3) is 1.17. The van der Waals surface area contributed by atoms with E-state index in [-0.39, 0.29) is 0 Å². The lowest BCUT2D eigenvalue weighted by Gasteiger charge is -2.00. The number of nitrogens with two attached hydrogens (primary N) is 1. The van der Waals surface area contributed by atoms with Crippen LogP contribution in [0.15, 0.2) is 16.6 Å². The monoisotopic (exact) mass is 110 g/mol. The number of nitrogens with zero attached hydrogens (tertiary/aromatic N) is 1. The van der Waals surface area contributed by atoms with Gasteiger partial charge in [-0.25, -0.2) is 0 Å². The second-order valence-electron chi connectivity index (χ2n) is 1.81. The Morgan fingerprint density at radius 1 is 1.75 bits per heavy atom. The summed E-state index contributed by atoms with van der Waals surface area (Å²) >= 11 is 0. The fourth-order valence-corrected chi connectivity index (χ4v) is 0.695. The fraction of sp³-hybridized carbons (Fsp3) is 0.500. The summed E-state index contributed by atoms with van der Waals surface area (Å²) in [5.41, 5.74) is 6.51. The Labute approximate surface area is 49.1 Å². The highest BCUT2D eigenvalue weighted by atomic mass is 14.7. The van der Waals surface area contributed by atoms with Gasteiger partial charge in [-0.3, -0.25) is 4.99 Å². The summed E-state index contributed by atoms with van der Waals surface area (Å²) in [5.74, 6) is 0. The van der Waals surface area contributed by atoms with Crippen LogP contribution in [0.5, 0.6) is 0 Å². The average Bonchev–Trinajstić information content (AvgIpc) is 1.90. The van der Waals surface area contributed by atoms with Crippen molar-refractivity contribution in [1.82, 2.24) is 0 Å². The van der Waals surface area contributed by atoms with Crippen LogP contribution in [0.3, 0.4) is 0 Å². The van der Waals surface area contributed by atoms with Gasteiger partial charge < -0.3 is 5.73 Å². The Morgan fingerprint density at radius 2 is 2.62 bits per heavy atom. The van der Waals surface area contributed by atoms with Gasteiger partial charge >= 0.3 is 0 Å². The lowest BCUT2D eigenvalue weighted by molar-refractivity contribution is 0.976. The largest absolute Gasteiger partial charge is 0.326 e. The lowest BCUT2D eigenvalue weighted by Crippen LogP contribution is -2.06. The zero-order valence-electron chi connectivity index (χ0n) is 4.80. The van der Waals surface area contributed by atoms with Crippen molar-refractivity contribution in [3.63, 3.8) is 0 Å². The first-order valence-corrected chi connectivity index (χ1v) is 2.82. The van der Waals surface area contributed by atoms with E-state index in [2.05, 4.69) is 11.1 Å². The number of aliphatic imine (C=N–C) groups is 1. The molecule has 1 aliphatic rings. The summed E-state index contributed by atoms with van der Waals surface area (Å²) in [4.78, 5) is 4.06. The minimum atomic E-state index is 0.628. The van der Waals surface area contributed by atoms with Crippen LogP contribution in [0.2, 0.25) is 0 Å². The first kappa shape index (κ1) is 5.51. The molecule has 1 heterocycles. The van der Waals surface area contributed by atoms with E-state index in [9.17, 15) is 0 Å². The second-order valence-corrected chi connectivity index (χ2v) is 1.81. The molecule has 0 amide bonds. The maximum Gasteiger partial charge on any atom is 0.0424 e. The van der Waals surface area contributed by atoms with Crippen molar-refractivity contribution in [2.24, 2.45) is 10.7 Å². The third-order valence-corrected chi connectivity index (χ3v) is 1.16. The van der Waals surface area contributed by atoms with Gasteiger partial charge in [0, 0.05) is 19.3 Å². The molecule has 0 aromatic carbocycles. The zero-order valence-corrected chi connectivity index (χ0v) is 4.80. The summed E-state index contributed by atoms with van der Waals surface area (Å²) in [6.07, 6.45) is 5.04. The third-order valence-electron chi connectivity index (χ3n) is 1.16. The quantitative estimate of drug-likeness (QED) is 0.519. The molecular weight excluding hydrogens is 100 g/mol. The van der Waals surface area contributed by atoms with Crippen LogP contribution in [0.4, 0.5) is 0 Å². The van der Waals surface area contributed by atoms with Crippen molar-refractivity contribution in [3.05, 3.63) is 11.6 Å². The number of hydrogen-bond acceptors (Lipinski definition) is 2. The minimum Gasteiger partial charge on any atom is -0.326 e. The van der Waals surface area contributed by atoms with Crippen LogP contribution in [-0.2, 0) is 0 Å². The molecule has 0 atom stereocenters. The normalized spacial score (nSPS) is 18.4. The molecule has 0 unspecified atom stereocenters. The van der Waals surface area contributed by atoms with E-state index in [0.29, 0.717) is 6.54 Å². The smallest absolute Gasteiger partial charge is 0.0424 e. The van der Waals surface area contributed by atoms with E-state index in [0.717, 1.165) is 18.5 Å². The van der Waals surface area contributed by atoms with E-state index in [1.807, 2.05) is 6.21 Å². The van der Waals surface area contributed by atoms with Crippen LogP contribution >= 0.6 is 0 Å². The molecule has 0 saturated heterocycles. The molecule has 0 bridgehead atoms. The van der Waals surface area contributed by atoms with Crippen molar-refractivity contribution < 1.29 is 0 Å². The zero-order chi connectivity index (χ0) is 5.82. The molecule has 2 nitrogen and oxygen atoms in total. The van der Waals surface area contributed by atoms with Crippen molar-refractivity contribution in [3.8, 4) is 0 Å². The van der Waals surface area contributed by atoms with E-state index in [1.54, 1.807) is 0 Å². The molecule has 0 aliphatic carbocycles. The first-order valence-electron chi connectivity index (χ1n) is 2.82. The molecule has 0 aromatic rings. The van der Waals surface area contributed by atoms with Gasteiger partial charge in [-0.05, 0) is 12.0 Å². The molecule has 1 rings (SSSR count). The van der Waals surface area contributed by atoms with Gasteiger partial charge in [-0.2, -0.15) is 0 Å². The van der Waals surface area contributed by atoms with Crippen molar-refractivity contribution in [1.29, 1.82) is 0 Å². The molecule has 44 valence electrons. The molecule has 0 fully saturated rings. The average molecular weight is 110 g/mol. The Kier molecular flexibility index (Phi) is 1.80. The molecule has 0 saturated carbocycles. The highest BCUT2D eigenvalue weighted by Gasteiger charge is 1.92. The SMILES string of the molecule is NCC1=CCCN=C1. The van der Waals surface area contributed by atoms with Crippen LogP contribution in [0.25, 0.3) is 0 Å². The van der Waals surface area contributed by atoms with Gasteiger partial charge in [0.05, 0.1) is 0 Å². The first-order chi connectivity index (χ1) is 3.93. The fourth-order valence-electron chi connectivity index (χ4n) is 0.695. The number of rotatable bonds is 1. The van der Waals surface area contributed by atoms with Gasteiger partial charge in [0.25, 0.3) is 0 Å². The van der Waals surface area contributed by atoms with Gasteiger partial charge in [-0.1, -0.05) is 6.08 Å². The lowest BCUT2D eigenvalue weighted by atomic mass is 10.2.